The Hall–Kier alpha value is -3.01. The molecule has 2 aromatic carbocycles. The predicted molar refractivity (Wildman–Crippen MR) is 143 cm³/mol. The lowest BCUT2D eigenvalue weighted by Gasteiger charge is -2.15. The molecule has 3 N–H and O–H groups in total. The molecule has 1 amide bonds. The van der Waals surface area contributed by atoms with Gasteiger partial charge in [-0.2, -0.15) is 0 Å². The molecule has 0 saturated heterocycles. The van der Waals surface area contributed by atoms with Crippen LogP contribution in [0.2, 0.25) is 0 Å². The van der Waals surface area contributed by atoms with Crippen LogP contribution in [0, 0.1) is 6.92 Å². The number of carbonyl (C=O) groups is 1. The van der Waals surface area contributed by atoms with Crippen LogP contribution in [-0.4, -0.2) is 25.0 Å². The normalized spacial score (nSPS) is 10.8. The zero-order valence-electron chi connectivity index (χ0n) is 19.2. The smallest absolute Gasteiger partial charge is 0.291 e. The molecule has 0 aliphatic carbocycles. The number of ether oxygens (including phenoxy) is 1. The Morgan fingerprint density at radius 3 is 2.64 bits per heavy atom. The molecule has 33 heavy (non-hydrogen) atoms. The number of hydrogen-bond acceptors (Lipinski definition) is 4. The van der Waals surface area contributed by atoms with Crippen molar-refractivity contribution < 1.29 is 13.9 Å². The highest BCUT2D eigenvalue weighted by Crippen LogP contribution is 2.20. The van der Waals surface area contributed by atoms with Crippen molar-refractivity contribution in [2.45, 2.75) is 33.9 Å². The van der Waals surface area contributed by atoms with E-state index in [0.29, 0.717) is 31.3 Å². The molecule has 0 fully saturated rings. The molecule has 0 spiro atoms. The Kier molecular flexibility index (Phi) is 10.8. The van der Waals surface area contributed by atoms with E-state index in [1.54, 1.807) is 12.1 Å². The lowest BCUT2D eigenvalue weighted by Crippen LogP contribution is -2.36. The van der Waals surface area contributed by atoms with Crippen molar-refractivity contribution in [2.75, 3.05) is 18.5 Å². The molecule has 0 unspecified atom stereocenters. The first-order valence-corrected chi connectivity index (χ1v) is 10.8. The molecule has 8 heteroatoms. The monoisotopic (exact) mass is 562 g/mol. The van der Waals surface area contributed by atoms with Gasteiger partial charge in [-0.3, -0.25) is 4.79 Å². The van der Waals surface area contributed by atoms with Crippen molar-refractivity contribution in [3.63, 3.8) is 0 Å². The minimum Gasteiger partial charge on any atom is -0.494 e. The second-order valence-corrected chi connectivity index (χ2v) is 7.22. The summed E-state index contributed by atoms with van der Waals surface area (Å²) in [4.78, 5) is 16.9. The topological polar surface area (TPSA) is 87.9 Å². The number of aliphatic imine (C=N–C) groups is 1. The Labute approximate surface area is 212 Å². The predicted octanol–water partition coefficient (Wildman–Crippen LogP) is 5.11. The summed E-state index contributed by atoms with van der Waals surface area (Å²) in [5.41, 5.74) is 3.91. The lowest BCUT2D eigenvalue weighted by atomic mass is 10.1. The molecule has 3 rings (SSSR count). The summed E-state index contributed by atoms with van der Waals surface area (Å²) in [6.07, 6.45) is 1.48. The Bertz CT molecular complexity index is 1050. The molecule has 3 aromatic rings. The number of furan rings is 1. The standard InChI is InChI=1S/C25H30N4O3.HI/c1-4-26-25(28-17-20-12-11-18(3)14-23(20)31-5-2)27-16-19-8-6-9-21(15-19)29-24(30)22-10-7-13-32-22;/h6-15H,4-5,16-17H2,1-3H3,(H,29,30)(H2,26,27,28);1H. The van der Waals surface area contributed by atoms with E-state index in [-0.39, 0.29) is 35.6 Å². The van der Waals surface area contributed by atoms with Gasteiger partial charge in [-0.05, 0) is 62.2 Å². The molecule has 1 heterocycles. The number of carbonyl (C=O) groups excluding carboxylic acids is 1. The van der Waals surface area contributed by atoms with E-state index in [1.165, 1.54) is 6.26 Å². The van der Waals surface area contributed by atoms with Crippen LogP contribution in [0.25, 0.3) is 0 Å². The molecule has 0 radical (unpaired) electrons. The van der Waals surface area contributed by atoms with Crippen molar-refractivity contribution in [2.24, 2.45) is 4.99 Å². The number of anilines is 1. The van der Waals surface area contributed by atoms with Crippen LogP contribution in [0.3, 0.4) is 0 Å². The van der Waals surface area contributed by atoms with Gasteiger partial charge >= 0.3 is 0 Å². The van der Waals surface area contributed by atoms with Gasteiger partial charge in [-0.25, -0.2) is 4.99 Å². The van der Waals surface area contributed by atoms with Crippen LogP contribution in [0.4, 0.5) is 5.69 Å². The second-order valence-electron chi connectivity index (χ2n) is 7.22. The highest BCUT2D eigenvalue weighted by atomic mass is 127. The van der Waals surface area contributed by atoms with Gasteiger partial charge in [0.05, 0.1) is 19.4 Å². The van der Waals surface area contributed by atoms with Crippen molar-refractivity contribution in [3.05, 3.63) is 83.3 Å². The summed E-state index contributed by atoms with van der Waals surface area (Å²) < 4.78 is 10.9. The molecule has 0 aliphatic heterocycles. The van der Waals surface area contributed by atoms with Gasteiger partial charge in [0.1, 0.15) is 5.75 Å². The van der Waals surface area contributed by atoms with E-state index in [4.69, 9.17) is 9.15 Å². The van der Waals surface area contributed by atoms with E-state index in [9.17, 15) is 4.79 Å². The van der Waals surface area contributed by atoms with Gasteiger partial charge in [-0.1, -0.05) is 24.3 Å². The first-order chi connectivity index (χ1) is 15.6. The summed E-state index contributed by atoms with van der Waals surface area (Å²) in [5.74, 6) is 1.58. The van der Waals surface area contributed by atoms with Crippen molar-refractivity contribution in [1.29, 1.82) is 0 Å². The van der Waals surface area contributed by atoms with Crippen molar-refractivity contribution >= 4 is 41.5 Å². The molecule has 0 bridgehead atoms. The first kappa shape index (κ1) is 26.2. The van der Waals surface area contributed by atoms with Crippen molar-refractivity contribution in [3.8, 4) is 5.75 Å². The van der Waals surface area contributed by atoms with E-state index in [2.05, 4.69) is 40.0 Å². The maximum absolute atomic E-state index is 12.2. The van der Waals surface area contributed by atoms with Crippen LogP contribution in [-0.2, 0) is 13.1 Å². The largest absolute Gasteiger partial charge is 0.494 e. The number of rotatable bonds is 9. The van der Waals surface area contributed by atoms with E-state index in [1.807, 2.05) is 44.2 Å². The third-order valence-electron chi connectivity index (χ3n) is 4.66. The van der Waals surface area contributed by atoms with Crippen molar-refractivity contribution in [1.82, 2.24) is 10.6 Å². The van der Waals surface area contributed by atoms with Gasteiger partial charge in [0.15, 0.2) is 11.7 Å². The van der Waals surface area contributed by atoms with Gasteiger partial charge < -0.3 is 25.1 Å². The number of nitrogens with zero attached hydrogens (tertiary/aromatic N) is 1. The maximum Gasteiger partial charge on any atom is 0.291 e. The highest BCUT2D eigenvalue weighted by molar-refractivity contribution is 14.0. The van der Waals surface area contributed by atoms with E-state index >= 15 is 0 Å². The number of halogens is 1. The third kappa shape index (κ3) is 8.12. The fraction of sp³-hybridized carbons (Fsp3) is 0.280. The number of guanidine groups is 1. The summed E-state index contributed by atoms with van der Waals surface area (Å²) in [5, 5.41) is 9.48. The van der Waals surface area contributed by atoms with E-state index < -0.39 is 0 Å². The minimum absolute atomic E-state index is 0. The highest BCUT2D eigenvalue weighted by Gasteiger charge is 2.09. The van der Waals surface area contributed by atoms with Gasteiger partial charge in [0.25, 0.3) is 5.91 Å². The Morgan fingerprint density at radius 1 is 1.06 bits per heavy atom. The van der Waals surface area contributed by atoms with Crippen LogP contribution in [0.15, 0.2) is 70.3 Å². The summed E-state index contributed by atoms with van der Waals surface area (Å²) in [6, 6.07) is 17.1. The summed E-state index contributed by atoms with van der Waals surface area (Å²) >= 11 is 0. The number of aryl methyl sites for hydroxylation is 1. The molecular formula is C25H31IN4O3. The van der Waals surface area contributed by atoms with Crippen LogP contribution >= 0.6 is 24.0 Å². The number of benzene rings is 2. The quantitative estimate of drug-likeness (QED) is 0.192. The molecule has 0 aliphatic rings. The fourth-order valence-electron chi connectivity index (χ4n) is 3.14. The van der Waals surface area contributed by atoms with Gasteiger partial charge in [0, 0.05) is 24.3 Å². The van der Waals surface area contributed by atoms with E-state index in [0.717, 1.165) is 29.0 Å². The molecule has 176 valence electrons. The average molecular weight is 562 g/mol. The molecule has 7 nitrogen and oxygen atoms in total. The molecular weight excluding hydrogens is 531 g/mol. The minimum atomic E-state index is -0.283. The van der Waals surface area contributed by atoms with Gasteiger partial charge in [0.2, 0.25) is 0 Å². The number of amides is 1. The first-order valence-electron chi connectivity index (χ1n) is 10.8. The molecule has 0 atom stereocenters. The Balaban J connectivity index is 0.00000385. The summed E-state index contributed by atoms with van der Waals surface area (Å²) in [7, 11) is 0. The maximum atomic E-state index is 12.2. The zero-order chi connectivity index (χ0) is 22.8. The third-order valence-corrected chi connectivity index (χ3v) is 4.66. The lowest BCUT2D eigenvalue weighted by molar-refractivity contribution is 0.0996. The van der Waals surface area contributed by atoms with Crippen LogP contribution in [0.1, 0.15) is 41.1 Å². The SMILES string of the molecule is CCNC(=NCc1cccc(NC(=O)c2ccco2)c1)NCc1ccc(C)cc1OCC.I. The van der Waals surface area contributed by atoms with Crippen LogP contribution < -0.4 is 20.7 Å². The number of nitrogens with one attached hydrogen (secondary N) is 3. The Morgan fingerprint density at radius 2 is 1.91 bits per heavy atom. The number of hydrogen-bond donors (Lipinski definition) is 3. The fourth-order valence-corrected chi connectivity index (χ4v) is 3.14. The molecule has 1 aromatic heterocycles. The van der Waals surface area contributed by atoms with Crippen LogP contribution in [0.5, 0.6) is 5.75 Å². The molecule has 0 saturated carbocycles. The zero-order valence-corrected chi connectivity index (χ0v) is 21.5. The second kappa shape index (κ2) is 13.5. The average Bonchev–Trinajstić information content (AvgIpc) is 3.32. The summed E-state index contributed by atoms with van der Waals surface area (Å²) in [6.45, 7) is 8.49. The van der Waals surface area contributed by atoms with Gasteiger partial charge in [-0.15, -0.1) is 24.0 Å².